The van der Waals surface area contributed by atoms with Gasteiger partial charge in [0.15, 0.2) is 0 Å². The van der Waals surface area contributed by atoms with Crippen LogP contribution in [0.25, 0.3) is 22.2 Å². The molecule has 0 fully saturated rings. The zero-order valence-electron chi connectivity index (χ0n) is 13.0. The number of carbonyl (C=O) groups excluding carboxylic acids is 1. The number of aromatic nitrogens is 1. The molecule has 4 heteroatoms. The number of ether oxygens (including phenoxy) is 1. The molecule has 0 aliphatic carbocycles. The van der Waals surface area contributed by atoms with Gasteiger partial charge in [-0.15, -0.1) is 0 Å². The van der Waals surface area contributed by atoms with Crippen molar-refractivity contribution < 1.29 is 9.53 Å². The molecule has 1 aliphatic rings. The van der Waals surface area contributed by atoms with E-state index in [4.69, 9.17) is 16.3 Å². The number of nitrogens with zero attached hydrogens (tertiary/aromatic N) is 1. The number of halogens is 1. The summed E-state index contributed by atoms with van der Waals surface area (Å²) in [5.74, 6) is 0.871. The van der Waals surface area contributed by atoms with E-state index in [9.17, 15) is 4.79 Å². The Labute approximate surface area is 139 Å². The zero-order chi connectivity index (χ0) is 16.1. The van der Waals surface area contributed by atoms with Crippen LogP contribution in [-0.2, 0) is 6.42 Å². The van der Waals surface area contributed by atoms with E-state index in [1.807, 2.05) is 47.9 Å². The Balaban J connectivity index is 2.17. The molecule has 0 radical (unpaired) electrons. The van der Waals surface area contributed by atoms with Gasteiger partial charge >= 0.3 is 0 Å². The highest BCUT2D eigenvalue weighted by atomic mass is 35.5. The van der Waals surface area contributed by atoms with Gasteiger partial charge in [-0.25, -0.2) is 0 Å². The molecule has 0 atom stereocenters. The summed E-state index contributed by atoms with van der Waals surface area (Å²) in [5.41, 5.74) is 5.18. The maximum absolute atomic E-state index is 12.4. The van der Waals surface area contributed by atoms with Crippen molar-refractivity contribution in [3.8, 4) is 17.0 Å². The van der Waals surface area contributed by atoms with Crippen LogP contribution in [0, 0.1) is 6.92 Å². The summed E-state index contributed by atoms with van der Waals surface area (Å²) in [5, 5.41) is 1.75. The summed E-state index contributed by atoms with van der Waals surface area (Å²) in [6.45, 7) is 4.27. The van der Waals surface area contributed by atoms with E-state index in [1.54, 1.807) is 6.92 Å². The summed E-state index contributed by atoms with van der Waals surface area (Å²) < 4.78 is 7.63. The molecule has 116 valence electrons. The number of benzene rings is 2. The molecule has 0 saturated carbocycles. The fraction of sp³-hybridized carbons (Fsp3) is 0.211. The molecular formula is C19H16ClNO2. The summed E-state index contributed by atoms with van der Waals surface area (Å²) >= 11 is 6.02. The van der Waals surface area contributed by atoms with E-state index in [1.165, 1.54) is 5.56 Å². The molecule has 1 aromatic heterocycles. The van der Waals surface area contributed by atoms with Crippen molar-refractivity contribution in [1.82, 2.24) is 4.57 Å². The van der Waals surface area contributed by atoms with Crippen molar-refractivity contribution in [2.45, 2.75) is 20.3 Å². The molecule has 0 saturated heterocycles. The Kier molecular flexibility index (Phi) is 3.20. The van der Waals surface area contributed by atoms with Crippen LogP contribution < -0.4 is 4.74 Å². The predicted octanol–water partition coefficient (Wildman–Crippen LogP) is 4.87. The topological polar surface area (TPSA) is 31.2 Å². The maximum Gasteiger partial charge on any atom is 0.228 e. The predicted molar refractivity (Wildman–Crippen MR) is 92.6 cm³/mol. The Morgan fingerprint density at radius 3 is 2.61 bits per heavy atom. The molecule has 23 heavy (non-hydrogen) atoms. The first-order chi connectivity index (χ1) is 11.1. The smallest absolute Gasteiger partial charge is 0.228 e. The van der Waals surface area contributed by atoms with Crippen molar-refractivity contribution in [2.24, 2.45) is 0 Å². The van der Waals surface area contributed by atoms with Gasteiger partial charge in [-0.2, -0.15) is 0 Å². The van der Waals surface area contributed by atoms with E-state index >= 15 is 0 Å². The van der Waals surface area contributed by atoms with Gasteiger partial charge in [-0.1, -0.05) is 29.8 Å². The normalized spacial score (nSPS) is 13.2. The van der Waals surface area contributed by atoms with E-state index in [0.717, 1.165) is 39.9 Å². The second kappa shape index (κ2) is 5.14. The summed E-state index contributed by atoms with van der Waals surface area (Å²) in [6, 6.07) is 11.7. The van der Waals surface area contributed by atoms with E-state index in [0.29, 0.717) is 11.6 Å². The highest BCUT2D eigenvalue weighted by Crippen LogP contribution is 2.42. The van der Waals surface area contributed by atoms with Gasteiger partial charge < -0.3 is 4.74 Å². The number of carbonyl (C=O) groups is 1. The molecular weight excluding hydrogens is 310 g/mol. The number of hydrogen-bond acceptors (Lipinski definition) is 2. The first-order valence-electron chi connectivity index (χ1n) is 7.64. The fourth-order valence-corrected chi connectivity index (χ4v) is 3.60. The minimum absolute atomic E-state index is 0.00773. The second-order valence-corrected chi connectivity index (χ2v) is 6.33. The first kappa shape index (κ1) is 14.3. The van der Waals surface area contributed by atoms with E-state index < -0.39 is 0 Å². The first-order valence-corrected chi connectivity index (χ1v) is 8.02. The standard InChI is InChI=1S/C19H16ClNO2/c1-11-3-8-16-17-15(9-10-23-16)19(21(12(2)22)18(11)17)13-4-6-14(20)7-5-13/h3-8H,9-10H2,1-2H3. The van der Waals surface area contributed by atoms with Crippen LogP contribution in [0.5, 0.6) is 5.75 Å². The number of hydrogen-bond donors (Lipinski definition) is 0. The van der Waals surface area contributed by atoms with Crippen molar-refractivity contribution in [2.75, 3.05) is 6.61 Å². The molecule has 4 rings (SSSR count). The average Bonchev–Trinajstić information content (AvgIpc) is 2.89. The van der Waals surface area contributed by atoms with Crippen LogP contribution in [0.2, 0.25) is 5.02 Å². The third kappa shape index (κ3) is 2.07. The molecule has 0 spiro atoms. The lowest BCUT2D eigenvalue weighted by molar-refractivity contribution is 0.0943. The van der Waals surface area contributed by atoms with Gasteiger partial charge in [0.25, 0.3) is 0 Å². The van der Waals surface area contributed by atoms with Crippen LogP contribution in [0.4, 0.5) is 0 Å². The quantitative estimate of drug-likeness (QED) is 0.639. The highest BCUT2D eigenvalue weighted by Gasteiger charge is 2.26. The third-order valence-electron chi connectivity index (χ3n) is 4.42. The zero-order valence-corrected chi connectivity index (χ0v) is 13.8. The third-order valence-corrected chi connectivity index (χ3v) is 4.67. The monoisotopic (exact) mass is 325 g/mol. The SMILES string of the molecule is CC(=O)n1c(-c2ccc(Cl)cc2)c2c3c(ccc(C)c31)OCC2. The molecule has 0 N–H and O–H groups in total. The van der Waals surface area contributed by atoms with Gasteiger partial charge in [0, 0.05) is 23.8 Å². The van der Waals surface area contributed by atoms with E-state index in [-0.39, 0.29) is 5.91 Å². The minimum atomic E-state index is 0.00773. The lowest BCUT2D eigenvalue weighted by Crippen LogP contribution is -2.09. The van der Waals surface area contributed by atoms with E-state index in [2.05, 4.69) is 0 Å². The van der Waals surface area contributed by atoms with Crippen molar-refractivity contribution in [3.63, 3.8) is 0 Å². The Hall–Kier alpha value is -2.26. The molecule has 0 bridgehead atoms. The lowest BCUT2D eigenvalue weighted by Gasteiger charge is -2.15. The largest absolute Gasteiger partial charge is 0.493 e. The molecule has 2 aromatic carbocycles. The Bertz CT molecular complexity index is 938. The van der Waals surface area contributed by atoms with Crippen LogP contribution in [-0.4, -0.2) is 17.1 Å². The maximum atomic E-state index is 12.4. The highest BCUT2D eigenvalue weighted by molar-refractivity contribution is 6.30. The number of rotatable bonds is 1. The summed E-state index contributed by atoms with van der Waals surface area (Å²) in [7, 11) is 0. The molecule has 2 heterocycles. The van der Waals surface area contributed by atoms with Crippen molar-refractivity contribution in [3.05, 3.63) is 52.5 Å². The average molecular weight is 326 g/mol. The van der Waals surface area contributed by atoms with Crippen LogP contribution in [0.1, 0.15) is 22.8 Å². The molecule has 3 nitrogen and oxygen atoms in total. The minimum Gasteiger partial charge on any atom is -0.493 e. The fourth-order valence-electron chi connectivity index (χ4n) is 3.47. The molecule has 1 aliphatic heterocycles. The van der Waals surface area contributed by atoms with Crippen molar-refractivity contribution >= 4 is 28.4 Å². The Morgan fingerprint density at radius 2 is 1.91 bits per heavy atom. The van der Waals surface area contributed by atoms with Gasteiger partial charge in [-0.05, 0) is 41.8 Å². The van der Waals surface area contributed by atoms with Crippen LogP contribution in [0.15, 0.2) is 36.4 Å². The van der Waals surface area contributed by atoms with Crippen molar-refractivity contribution in [1.29, 1.82) is 0 Å². The molecule has 0 amide bonds. The number of aryl methyl sites for hydroxylation is 1. The molecule has 3 aromatic rings. The summed E-state index contributed by atoms with van der Waals surface area (Å²) in [6.07, 6.45) is 0.797. The molecule has 0 unspecified atom stereocenters. The van der Waals surface area contributed by atoms with Gasteiger partial charge in [0.2, 0.25) is 5.91 Å². The summed E-state index contributed by atoms with van der Waals surface area (Å²) in [4.78, 5) is 12.4. The van der Waals surface area contributed by atoms with Crippen LogP contribution in [0.3, 0.4) is 0 Å². The second-order valence-electron chi connectivity index (χ2n) is 5.89. The van der Waals surface area contributed by atoms with Gasteiger partial charge in [0.1, 0.15) is 5.75 Å². The van der Waals surface area contributed by atoms with Crippen LogP contribution >= 0.6 is 11.6 Å². The Morgan fingerprint density at radius 1 is 1.17 bits per heavy atom. The lowest BCUT2D eigenvalue weighted by atomic mass is 10.00. The van der Waals surface area contributed by atoms with Gasteiger partial charge in [-0.3, -0.25) is 9.36 Å². The van der Waals surface area contributed by atoms with Gasteiger partial charge in [0.05, 0.1) is 17.8 Å².